The fourth-order valence-electron chi connectivity index (χ4n) is 3.19. The molecule has 0 saturated heterocycles. The maximum atomic E-state index is 6.17. The topological polar surface area (TPSA) is 21.3 Å². The summed E-state index contributed by atoms with van der Waals surface area (Å²) in [5.74, 6) is 0.280. The van der Waals surface area contributed by atoms with E-state index in [-0.39, 0.29) is 5.92 Å². The van der Waals surface area contributed by atoms with Gasteiger partial charge in [0.25, 0.3) is 0 Å². The van der Waals surface area contributed by atoms with Crippen molar-refractivity contribution in [2.75, 3.05) is 20.2 Å². The van der Waals surface area contributed by atoms with Crippen LogP contribution in [0.15, 0.2) is 72.8 Å². The predicted octanol–water partition coefficient (Wildman–Crippen LogP) is 4.38. The molecule has 0 amide bonds. The van der Waals surface area contributed by atoms with E-state index in [0.717, 1.165) is 13.1 Å². The molecular formula is C21H27NO. The molecule has 23 heavy (non-hydrogen) atoms. The average molecular weight is 309 g/mol. The Labute approximate surface area is 140 Å². The number of rotatable bonds is 8. The molecule has 0 saturated carbocycles. The Kier molecular flexibility index (Phi) is 6.57. The predicted molar refractivity (Wildman–Crippen MR) is 97.5 cm³/mol. The third-order valence-corrected chi connectivity index (χ3v) is 4.37. The molecule has 0 aliphatic heterocycles. The molecule has 122 valence electrons. The molecule has 2 aromatic rings. The van der Waals surface area contributed by atoms with Gasteiger partial charge in [0.1, 0.15) is 5.60 Å². The first kappa shape index (κ1) is 17.5. The Hall–Kier alpha value is -1.90. The van der Waals surface area contributed by atoms with Gasteiger partial charge >= 0.3 is 0 Å². The summed E-state index contributed by atoms with van der Waals surface area (Å²) in [7, 11) is 1.81. The minimum absolute atomic E-state index is 0.280. The fraction of sp³-hybridized carbons (Fsp3) is 0.333. The van der Waals surface area contributed by atoms with Gasteiger partial charge in [-0.15, -0.1) is 0 Å². The van der Waals surface area contributed by atoms with E-state index in [1.807, 2.05) is 26.2 Å². The van der Waals surface area contributed by atoms with Crippen molar-refractivity contribution in [1.82, 2.24) is 5.32 Å². The van der Waals surface area contributed by atoms with Gasteiger partial charge in [-0.25, -0.2) is 0 Å². The Balaban J connectivity index is 2.38. The highest BCUT2D eigenvalue weighted by molar-refractivity contribution is 5.37. The summed E-state index contributed by atoms with van der Waals surface area (Å²) >= 11 is 0. The molecule has 1 atom stereocenters. The Morgan fingerprint density at radius 2 is 1.52 bits per heavy atom. The molecule has 1 N–H and O–H groups in total. The summed E-state index contributed by atoms with van der Waals surface area (Å²) in [4.78, 5) is 0. The van der Waals surface area contributed by atoms with Gasteiger partial charge in [-0.3, -0.25) is 0 Å². The second-order valence-electron chi connectivity index (χ2n) is 5.80. The molecule has 2 rings (SSSR count). The lowest BCUT2D eigenvalue weighted by atomic mass is 9.76. The van der Waals surface area contributed by atoms with Crippen molar-refractivity contribution in [2.45, 2.75) is 19.4 Å². The smallest absolute Gasteiger partial charge is 0.121 e. The lowest BCUT2D eigenvalue weighted by Gasteiger charge is -2.39. The van der Waals surface area contributed by atoms with Crippen LogP contribution in [0.2, 0.25) is 0 Å². The number of allylic oxidation sites excluding steroid dienone is 1. The zero-order valence-electron chi connectivity index (χ0n) is 14.3. The molecule has 2 heteroatoms. The van der Waals surface area contributed by atoms with Gasteiger partial charge in [0, 0.05) is 26.1 Å². The second-order valence-corrected chi connectivity index (χ2v) is 5.80. The number of ether oxygens (including phenoxy) is 1. The van der Waals surface area contributed by atoms with Crippen molar-refractivity contribution in [2.24, 2.45) is 5.92 Å². The molecule has 1 unspecified atom stereocenters. The lowest BCUT2D eigenvalue weighted by molar-refractivity contribution is -0.0228. The summed E-state index contributed by atoms with van der Waals surface area (Å²) in [5.41, 5.74) is 1.92. The van der Waals surface area contributed by atoms with Crippen LogP contribution >= 0.6 is 0 Å². The zero-order chi connectivity index (χ0) is 16.5. The molecule has 2 aromatic carbocycles. The van der Waals surface area contributed by atoms with Crippen LogP contribution in [0.25, 0.3) is 0 Å². The number of nitrogens with one attached hydrogen (secondary N) is 1. The van der Waals surface area contributed by atoms with Crippen LogP contribution in [-0.2, 0) is 10.3 Å². The van der Waals surface area contributed by atoms with E-state index in [4.69, 9.17) is 4.74 Å². The van der Waals surface area contributed by atoms with Gasteiger partial charge in [-0.05, 0) is 18.1 Å². The molecule has 0 radical (unpaired) electrons. The Morgan fingerprint density at radius 3 is 1.96 bits per heavy atom. The zero-order valence-corrected chi connectivity index (χ0v) is 14.3. The van der Waals surface area contributed by atoms with Gasteiger partial charge in [0.2, 0.25) is 0 Å². The molecule has 0 bridgehead atoms. The Morgan fingerprint density at radius 1 is 1.00 bits per heavy atom. The highest BCUT2D eigenvalue weighted by Gasteiger charge is 2.39. The van der Waals surface area contributed by atoms with Crippen molar-refractivity contribution in [1.29, 1.82) is 0 Å². The molecule has 0 aliphatic carbocycles. The highest BCUT2D eigenvalue weighted by atomic mass is 16.5. The van der Waals surface area contributed by atoms with E-state index < -0.39 is 5.60 Å². The summed E-state index contributed by atoms with van der Waals surface area (Å²) in [6, 6.07) is 21.0. The first-order chi connectivity index (χ1) is 11.3. The standard InChI is InChI=1S/C21H27NO/c1-4-5-16-22-17-18(2)21(23-3,19-12-8-6-9-13-19)20-14-10-7-11-15-20/h4-15,18,22H,16-17H2,1-3H3/b5-4+. The van der Waals surface area contributed by atoms with Crippen molar-refractivity contribution in [3.8, 4) is 0 Å². The van der Waals surface area contributed by atoms with Crippen LogP contribution in [0, 0.1) is 5.92 Å². The summed E-state index contributed by atoms with van der Waals surface area (Å²) in [5, 5.41) is 3.50. The SMILES string of the molecule is C/C=C/CNCC(C)C(OC)(c1ccccc1)c1ccccc1. The van der Waals surface area contributed by atoms with E-state index in [2.05, 4.69) is 72.9 Å². The molecule has 0 aliphatic rings. The van der Waals surface area contributed by atoms with E-state index in [1.165, 1.54) is 11.1 Å². The van der Waals surface area contributed by atoms with Gasteiger partial charge < -0.3 is 10.1 Å². The minimum Gasteiger partial charge on any atom is -0.368 e. The van der Waals surface area contributed by atoms with Crippen molar-refractivity contribution >= 4 is 0 Å². The fourth-order valence-corrected chi connectivity index (χ4v) is 3.19. The monoisotopic (exact) mass is 309 g/mol. The van der Waals surface area contributed by atoms with Crippen LogP contribution in [0.4, 0.5) is 0 Å². The number of benzene rings is 2. The third-order valence-electron chi connectivity index (χ3n) is 4.37. The largest absolute Gasteiger partial charge is 0.368 e. The molecular weight excluding hydrogens is 282 g/mol. The first-order valence-electron chi connectivity index (χ1n) is 8.23. The van der Waals surface area contributed by atoms with Crippen LogP contribution in [0.3, 0.4) is 0 Å². The highest BCUT2D eigenvalue weighted by Crippen LogP contribution is 2.39. The van der Waals surface area contributed by atoms with Gasteiger partial charge in [0.15, 0.2) is 0 Å². The molecule has 0 spiro atoms. The second kappa shape index (κ2) is 8.66. The van der Waals surface area contributed by atoms with Gasteiger partial charge in [-0.2, -0.15) is 0 Å². The van der Waals surface area contributed by atoms with Gasteiger partial charge in [0.05, 0.1) is 0 Å². The van der Waals surface area contributed by atoms with Crippen molar-refractivity contribution in [3.63, 3.8) is 0 Å². The average Bonchev–Trinajstić information content (AvgIpc) is 2.62. The third kappa shape index (κ3) is 3.90. The number of methoxy groups -OCH3 is 1. The molecule has 0 heterocycles. The molecule has 0 fully saturated rings. The summed E-state index contributed by atoms with van der Waals surface area (Å²) in [6.45, 7) is 6.04. The number of hydrogen-bond acceptors (Lipinski definition) is 2. The van der Waals surface area contributed by atoms with Gasteiger partial charge in [-0.1, -0.05) is 79.7 Å². The summed E-state index contributed by atoms with van der Waals surface area (Å²) < 4.78 is 6.17. The van der Waals surface area contributed by atoms with Crippen LogP contribution in [-0.4, -0.2) is 20.2 Å². The van der Waals surface area contributed by atoms with E-state index >= 15 is 0 Å². The van der Waals surface area contributed by atoms with Crippen LogP contribution < -0.4 is 5.32 Å². The van der Waals surface area contributed by atoms with E-state index in [9.17, 15) is 0 Å². The quantitative estimate of drug-likeness (QED) is 0.577. The normalized spacial score (nSPS) is 13.3. The number of hydrogen-bond donors (Lipinski definition) is 1. The maximum absolute atomic E-state index is 6.17. The maximum Gasteiger partial charge on any atom is 0.121 e. The molecule has 0 aromatic heterocycles. The summed E-state index contributed by atoms with van der Waals surface area (Å²) in [6.07, 6.45) is 4.20. The lowest BCUT2D eigenvalue weighted by Crippen LogP contribution is -2.42. The first-order valence-corrected chi connectivity index (χ1v) is 8.23. The minimum atomic E-state index is -0.453. The van der Waals surface area contributed by atoms with E-state index in [0.29, 0.717) is 0 Å². The van der Waals surface area contributed by atoms with Crippen molar-refractivity contribution in [3.05, 3.63) is 83.9 Å². The van der Waals surface area contributed by atoms with Crippen LogP contribution in [0.1, 0.15) is 25.0 Å². The van der Waals surface area contributed by atoms with Crippen LogP contribution in [0.5, 0.6) is 0 Å². The molecule has 2 nitrogen and oxygen atoms in total. The van der Waals surface area contributed by atoms with Crippen molar-refractivity contribution < 1.29 is 4.74 Å². The van der Waals surface area contributed by atoms with E-state index in [1.54, 1.807) is 0 Å². The Bertz CT molecular complexity index is 552.